The van der Waals surface area contributed by atoms with Crippen LogP contribution in [0.4, 0.5) is 5.13 Å². The van der Waals surface area contributed by atoms with Crippen molar-refractivity contribution < 1.29 is 4.79 Å². The minimum Gasteiger partial charge on any atom is -0.360 e. The van der Waals surface area contributed by atoms with Gasteiger partial charge in [-0.15, -0.1) is 10.2 Å². The van der Waals surface area contributed by atoms with Crippen molar-refractivity contribution in [1.82, 2.24) is 15.2 Å². The SMILES string of the molecule is CC(C)c1nnc(NC(=O)c2c[nH]c3ccc(Cl)cc3c2=O)s1. The lowest BCUT2D eigenvalue weighted by atomic mass is 10.1. The number of aromatic amines is 1. The molecular formula is C15H13ClN4O2S. The largest absolute Gasteiger partial charge is 0.360 e. The Morgan fingerprint density at radius 3 is 2.83 bits per heavy atom. The van der Waals surface area contributed by atoms with E-state index >= 15 is 0 Å². The summed E-state index contributed by atoms with van der Waals surface area (Å²) in [5, 5.41) is 12.5. The summed E-state index contributed by atoms with van der Waals surface area (Å²) in [6, 6.07) is 4.91. The predicted molar refractivity (Wildman–Crippen MR) is 91.5 cm³/mol. The summed E-state index contributed by atoms with van der Waals surface area (Å²) >= 11 is 7.20. The molecule has 3 aromatic rings. The number of H-pyrrole nitrogens is 1. The number of carbonyl (C=O) groups excluding carboxylic acids is 1. The molecule has 0 fully saturated rings. The van der Waals surface area contributed by atoms with Gasteiger partial charge in [0.25, 0.3) is 5.91 Å². The summed E-state index contributed by atoms with van der Waals surface area (Å²) in [6.07, 6.45) is 1.39. The highest BCUT2D eigenvalue weighted by atomic mass is 35.5. The molecule has 0 atom stereocenters. The van der Waals surface area contributed by atoms with E-state index in [1.54, 1.807) is 12.1 Å². The molecule has 0 radical (unpaired) electrons. The average molecular weight is 349 g/mol. The molecule has 0 saturated carbocycles. The summed E-state index contributed by atoms with van der Waals surface area (Å²) in [5.41, 5.74) is 0.238. The second-order valence-electron chi connectivity index (χ2n) is 5.28. The fraction of sp³-hybridized carbons (Fsp3) is 0.200. The molecule has 1 amide bonds. The number of fused-ring (bicyclic) bond motifs is 1. The van der Waals surface area contributed by atoms with Gasteiger partial charge >= 0.3 is 0 Å². The summed E-state index contributed by atoms with van der Waals surface area (Å²) < 4.78 is 0. The first kappa shape index (κ1) is 15.6. The van der Waals surface area contributed by atoms with Crippen molar-refractivity contribution in [2.75, 3.05) is 5.32 Å². The van der Waals surface area contributed by atoms with Gasteiger partial charge < -0.3 is 4.98 Å². The molecule has 0 bridgehead atoms. The first-order valence-corrected chi connectivity index (χ1v) is 8.11. The van der Waals surface area contributed by atoms with Crippen LogP contribution in [0.2, 0.25) is 5.02 Å². The monoisotopic (exact) mass is 348 g/mol. The Labute approximate surface area is 140 Å². The Morgan fingerprint density at radius 2 is 2.13 bits per heavy atom. The Bertz CT molecular complexity index is 948. The number of benzene rings is 1. The van der Waals surface area contributed by atoms with Gasteiger partial charge in [0.05, 0.1) is 0 Å². The van der Waals surface area contributed by atoms with Gasteiger partial charge in [0.15, 0.2) is 0 Å². The van der Waals surface area contributed by atoms with Crippen LogP contribution < -0.4 is 10.7 Å². The number of rotatable bonds is 3. The van der Waals surface area contributed by atoms with Gasteiger partial charge in [-0.3, -0.25) is 14.9 Å². The third kappa shape index (κ3) is 3.11. The summed E-state index contributed by atoms with van der Waals surface area (Å²) in [4.78, 5) is 27.7. The number of aromatic nitrogens is 3. The van der Waals surface area contributed by atoms with Gasteiger partial charge in [-0.2, -0.15) is 0 Å². The molecule has 0 aliphatic carbocycles. The van der Waals surface area contributed by atoms with Crippen LogP contribution >= 0.6 is 22.9 Å². The first-order valence-electron chi connectivity index (χ1n) is 6.91. The van der Waals surface area contributed by atoms with Crippen molar-refractivity contribution in [3.8, 4) is 0 Å². The van der Waals surface area contributed by atoms with Gasteiger partial charge in [0.1, 0.15) is 10.6 Å². The lowest BCUT2D eigenvalue weighted by Crippen LogP contribution is -2.21. The van der Waals surface area contributed by atoms with Gasteiger partial charge in [-0.25, -0.2) is 0 Å². The van der Waals surface area contributed by atoms with E-state index in [-0.39, 0.29) is 16.9 Å². The van der Waals surface area contributed by atoms with E-state index in [2.05, 4.69) is 20.5 Å². The second kappa shape index (κ2) is 6.10. The smallest absolute Gasteiger partial charge is 0.262 e. The zero-order valence-corrected chi connectivity index (χ0v) is 14.0. The van der Waals surface area contributed by atoms with E-state index in [1.807, 2.05) is 13.8 Å². The van der Waals surface area contributed by atoms with Crippen molar-refractivity contribution >= 4 is 44.9 Å². The quantitative estimate of drug-likeness (QED) is 0.759. The molecule has 2 N–H and O–H groups in total. The zero-order valence-electron chi connectivity index (χ0n) is 12.4. The molecular weight excluding hydrogens is 336 g/mol. The minimum atomic E-state index is -0.528. The number of pyridine rings is 1. The van der Waals surface area contributed by atoms with Crippen molar-refractivity contribution in [2.24, 2.45) is 0 Å². The zero-order chi connectivity index (χ0) is 16.6. The molecule has 0 aliphatic rings. The van der Waals surface area contributed by atoms with E-state index in [1.165, 1.54) is 23.6 Å². The number of halogens is 1. The first-order chi connectivity index (χ1) is 11.0. The van der Waals surface area contributed by atoms with E-state index in [0.29, 0.717) is 21.1 Å². The van der Waals surface area contributed by atoms with Crippen molar-refractivity contribution in [3.63, 3.8) is 0 Å². The van der Waals surface area contributed by atoms with Gasteiger partial charge in [0, 0.05) is 28.0 Å². The van der Waals surface area contributed by atoms with Crippen LogP contribution in [0.15, 0.2) is 29.2 Å². The molecule has 0 saturated heterocycles. The lowest BCUT2D eigenvalue weighted by Gasteiger charge is -2.03. The van der Waals surface area contributed by atoms with Gasteiger partial charge in [0.2, 0.25) is 10.6 Å². The van der Waals surface area contributed by atoms with Gasteiger partial charge in [-0.05, 0) is 18.2 Å². The van der Waals surface area contributed by atoms with Crippen molar-refractivity contribution in [3.05, 3.63) is 50.2 Å². The standard InChI is InChI=1S/C15H13ClN4O2S/c1-7(2)14-19-20-15(23-14)18-13(22)10-6-17-11-4-3-8(16)5-9(11)12(10)21/h3-7H,1-2H3,(H,17,21)(H,18,20,22). The van der Waals surface area contributed by atoms with Crippen LogP contribution in [-0.2, 0) is 0 Å². The van der Waals surface area contributed by atoms with Crippen molar-refractivity contribution in [2.45, 2.75) is 19.8 Å². The number of hydrogen-bond donors (Lipinski definition) is 2. The Balaban J connectivity index is 1.94. The molecule has 0 aliphatic heterocycles. The maximum Gasteiger partial charge on any atom is 0.262 e. The average Bonchev–Trinajstić information content (AvgIpc) is 2.97. The predicted octanol–water partition coefficient (Wildman–Crippen LogP) is 3.41. The molecule has 0 unspecified atom stereocenters. The highest BCUT2D eigenvalue weighted by Gasteiger charge is 2.16. The van der Waals surface area contributed by atoms with E-state index in [9.17, 15) is 9.59 Å². The molecule has 23 heavy (non-hydrogen) atoms. The van der Waals surface area contributed by atoms with E-state index in [4.69, 9.17) is 11.6 Å². The number of nitrogens with zero attached hydrogens (tertiary/aromatic N) is 2. The van der Waals surface area contributed by atoms with E-state index < -0.39 is 5.91 Å². The van der Waals surface area contributed by atoms with E-state index in [0.717, 1.165) is 5.01 Å². The highest BCUT2D eigenvalue weighted by Crippen LogP contribution is 2.22. The Morgan fingerprint density at radius 1 is 1.35 bits per heavy atom. The maximum absolute atomic E-state index is 12.5. The highest BCUT2D eigenvalue weighted by molar-refractivity contribution is 7.15. The maximum atomic E-state index is 12.5. The number of nitrogens with one attached hydrogen (secondary N) is 2. The molecule has 2 heterocycles. The van der Waals surface area contributed by atoms with Crippen molar-refractivity contribution in [1.29, 1.82) is 0 Å². The molecule has 2 aromatic heterocycles. The van der Waals surface area contributed by atoms with Crippen LogP contribution in [0.3, 0.4) is 0 Å². The summed E-state index contributed by atoms with van der Waals surface area (Å²) in [6.45, 7) is 3.98. The second-order valence-corrected chi connectivity index (χ2v) is 6.72. The Hall–Kier alpha value is -2.25. The molecule has 3 rings (SSSR count). The van der Waals surface area contributed by atoms with Crippen LogP contribution in [0, 0.1) is 0 Å². The normalized spacial score (nSPS) is 11.1. The molecule has 8 heteroatoms. The molecule has 118 valence electrons. The third-order valence-electron chi connectivity index (χ3n) is 3.24. The topological polar surface area (TPSA) is 87.7 Å². The van der Waals surface area contributed by atoms with Crippen LogP contribution in [0.1, 0.15) is 35.1 Å². The number of anilines is 1. The molecule has 6 nitrogen and oxygen atoms in total. The fourth-order valence-corrected chi connectivity index (χ4v) is 2.96. The molecule has 0 spiro atoms. The lowest BCUT2D eigenvalue weighted by molar-refractivity contribution is 0.102. The van der Waals surface area contributed by atoms with Gasteiger partial charge in [-0.1, -0.05) is 36.8 Å². The summed E-state index contributed by atoms with van der Waals surface area (Å²) in [5.74, 6) is -0.302. The number of hydrogen-bond acceptors (Lipinski definition) is 5. The summed E-state index contributed by atoms with van der Waals surface area (Å²) in [7, 11) is 0. The third-order valence-corrected chi connectivity index (χ3v) is 4.62. The fourth-order valence-electron chi connectivity index (χ4n) is 2.04. The minimum absolute atomic E-state index is 0.000985. The Kier molecular flexibility index (Phi) is 4.14. The van der Waals surface area contributed by atoms with Crippen LogP contribution in [0.25, 0.3) is 10.9 Å². The number of amides is 1. The van der Waals surface area contributed by atoms with Crippen LogP contribution in [-0.4, -0.2) is 21.1 Å². The van der Waals surface area contributed by atoms with Crippen LogP contribution in [0.5, 0.6) is 0 Å². The molecule has 1 aromatic carbocycles. The number of carbonyl (C=O) groups is 1.